The zero-order chi connectivity index (χ0) is 26.9. The molecule has 1 N–H and O–H groups in total. The normalized spacial score (nSPS) is 18.2. The first-order valence-electron chi connectivity index (χ1n) is 12.9. The van der Waals surface area contributed by atoms with E-state index in [4.69, 9.17) is 0 Å². The molecular weight excluding hydrogens is 495 g/mol. The van der Waals surface area contributed by atoms with Gasteiger partial charge in [-0.15, -0.1) is 0 Å². The van der Waals surface area contributed by atoms with Gasteiger partial charge < -0.3 is 10.2 Å². The van der Waals surface area contributed by atoms with Gasteiger partial charge in [-0.3, -0.25) is 14.3 Å². The second-order valence-electron chi connectivity index (χ2n) is 10.0. The topological polar surface area (TPSA) is 80.1 Å². The minimum Gasteiger partial charge on any atom is -0.344 e. The van der Waals surface area contributed by atoms with E-state index in [2.05, 4.69) is 27.5 Å². The Balaban J connectivity index is 1.18. The number of halogens is 3. The van der Waals surface area contributed by atoms with Gasteiger partial charge in [-0.2, -0.15) is 18.3 Å². The first-order valence-corrected chi connectivity index (χ1v) is 12.9. The molecule has 200 valence electrons. The van der Waals surface area contributed by atoms with E-state index in [0.29, 0.717) is 31.6 Å². The summed E-state index contributed by atoms with van der Waals surface area (Å²) < 4.78 is 39.9. The molecule has 2 aromatic heterocycles. The smallest absolute Gasteiger partial charge is 0.344 e. The fourth-order valence-electron chi connectivity index (χ4n) is 5.40. The van der Waals surface area contributed by atoms with Crippen molar-refractivity contribution in [1.29, 1.82) is 0 Å². The third kappa shape index (κ3) is 5.58. The number of nitrogens with zero attached hydrogens (tertiary/aromatic N) is 4. The maximum Gasteiger partial charge on any atom is 0.435 e. The second kappa shape index (κ2) is 10.6. The number of pyridine rings is 1. The van der Waals surface area contributed by atoms with E-state index < -0.39 is 11.9 Å². The van der Waals surface area contributed by atoms with Crippen molar-refractivity contribution in [2.75, 3.05) is 13.1 Å². The summed E-state index contributed by atoms with van der Waals surface area (Å²) >= 11 is 0. The highest BCUT2D eigenvalue weighted by molar-refractivity contribution is 5.92. The van der Waals surface area contributed by atoms with Gasteiger partial charge in [0.05, 0.1) is 6.04 Å². The van der Waals surface area contributed by atoms with Gasteiger partial charge in [0, 0.05) is 30.4 Å². The largest absolute Gasteiger partial charge is 0.435 e. The lowest BCUT2D eigenvalue weighted by atomic mass is 9.87. The average molecular weight is 526 g/mol. The van der Waals surface area contributed by atoms with Crippen molar-refractivity contribution in [3.05, 3.63) is 82.4 Å². The Bertz CT molecular complexity index is 1330. The Morgan fingerprint density at radius 1 is 1.05 bits per heavy atom. The lowest BCUT2D eigenvalue weighted by molar-refractivity contribution is -0.142. The van der Waals surface area contributed by atoms with Crippen LogP contribution in [0.2, 0.25) is 0 Å². The number of carbonyl (C=O) groups is 2. The molecule has 3 heterocycles. The van der Waals surface area contributed by atoms with Gasteiger partial charge in [-0.1, -0.05) is 30.3 Å². The zero-order valence-corrected chi connectivity index (χ0v) is 21.2. The van der Waals surface area contributed by atoms with E-state index in [1.807, 2.05) is 24.3 Å². The van der Waals surface area contributed by atoms with Crippen molar-refractivity contribution in [2.45, 2.75) is 63.7 Å². The summed E-state index contributed by atoms with van der Waals surface area (Å²) in [6.07, 6.45) is -0.289. The number of aryl methyl sites for hydroxylation is 2. The number of rotatable bonds is 5. The zero-order valence-electron chi connectivity index (χ0n) is 21.2. The van der Waals surface area contributed by atoms with Crippen molar-refractivity contribution in [3.8, 4) is 0 Å². The number of piperidine rings is 1. The van der Waals surface area contributed by atoms with Gasteiger partial charge in [-0.25, -0.2) is 4.98 Å². The Morgan fingerprint density at radius 3 is 2.55 bits per heavy atom. The fourth-order valence-corrected chi connectivity index (χ4v) is 5.40. The molecule has 3 aromatic rings. The second-order valence-corrected chi connectivity index (χ2v) is 10.0. The molecule has 1 saturated heterocycles. The van der Waals surface area contributed by atoms with E-state index in [-0.39, 0.29) is 36.0 Å². The summed E-state index contributed by atoms with van der Waals surface area (Å²) in [5.41, 5.74) is 2.92. The number of likely N-dealkylation sites (tertiary alicyclic amines) is 1. The highest BCUT2D eigenvalue weighted by Gasteiger charge is 2.35. The van der Waals surface area contributed by atoms with Crippen LogP contribution in [0.3, 0.4) is 0 Å². The number of fused-ring (bicyclic) bond motifs is 1. The Morgan fingerprint density at radius 2 is 1.82 bits per heavy atom. The van der Waals surface area contributed by atoms with E-state index >= 15 is 0 Å². The van der Waals surface area contributed by atoms with E-state index in [0.717, 1.165) is 35.7 Å². The summed E-state index contributed by atoms with van der Waals surface area (Å²) in [7, 11) is 0. The number of carbonyl (C=O) groups excluding carboxylic acids is 2. The molecule has 2 aliphatic rings. The summed E-state index contributed by atoms with van der Waals surface area (Å²) in [4.78, 5) is 32.1. The molecule has 1 aromatic carbocycles. The predicted octanol–water partition coefficient (Wildman–Crippen LogP) is 4.82. The van der Waals surface area contributed by atoms with Gasteiger partial charge >= 0.3 is 6.18 Å². The summed E-state index contributed by atoms with van der Waals surface area (Å²) in [6, 6.07) is 14.6. The molecule has 2 amide bonds. The van der Waals surface area contributed by atoms with Crippen LogP contribution in [0.15, 0.2) is 48.5 Å². The highest BCUT2D eigenvalue weighted by Crippen LogP contribution is 2.31. The molecule has 5 rings (SSSR count). The van der Waals surface area contributed by atoms with Gasteiger partial charge in [0.1, 0.15) is 12.2 Å². The summed E-state index contributed by atoms with van der Waals surface area (Å²) in [6.45, 7) is 2.20. The standard InChI is InChI=1S/C28H30F3N5O2/c1-18-16-25(28(29,30)31)34-36(18)17-26(37)35-14-12-20(13-15-35)22-9-5-11-24(32-22)27(38)33-23-10-4-7-19-6-2-3-8-21(19)23/h2-3,5-6,8-9,11,16,20,23H,4,7,10,12-15,17H2,1H3,(H,33,38). The third-order valence-corrected chi connectivity index (χ3v) is 7.50. The van der Waals surface area contributed by atoms with Crippen molar-refractivity contribution < 1.29 is 22.8 Å². The molecule has 1 atom stereocenters. The molecule has 38 heavy (non-hydrogen) atoms. The van der Waals surface area contributed by atoms with Crippen LogP contribution >= 0.6 is 0 Å². The van der Waals surface area contributed by atoms with E-state index in [9.17, 15) is 22.8 Å². The summed E-state index contributed by atoms with van der Waals surface area (Å²) in [5.74, 6) is -0.378. The van der Waals surface area contributed by atoms with Crippen LogP contribution in [0.5, 0.6) is 0 Å². The van der Waals surface area contributed by atoms with E-state index in [1.54, 1.807) is 11.0 Å². The molecule has 0 bridgehead atoms. The van der Waals surface area contributed by atoms with Crippen LogP contribution in [0.1, 0.15) is 76.3 Å². The van der Waals surface area contributed by atoms with Crippen LogP contribution < -0.4 is 5.32 Å². The molecule has 7 nitrogen and oxygen atoms in total. The van der Waals surface area contributed by atoms with Crippen LogP contribution in [-0.2, 0) is 23.9 Å². The highest BCUT2D eigenvalue weighted by atomic mass is 19.4. The molecule has 0 saturated carbocycles. The average Bonchev–Trinajstić information content (AvgIpc) is 3.29. The minimum atomic E-state index is -4.54. The van der Waals surface area contributed by atoms with Crippen molar-refractivity contribution in [1.82, 2.24) is 25.0 Å². The monoisotopic (exact) mass is 525 g/mol. The number of nitrogens with one attached hydrogen (secondary N) is 1. The van der Waals surface area contributed by atoms with Gasteiger partial charge in [0.15, 0.2) is 5.69 Å². The molecule has 0 radical (unpaired) electrons. The van der Waals surface area contributed by atoms with Crippen molar-refractivity contribution >= 4 is 11.8 Å². The lowest BCUT2D eigenvalue weighted by Gasteiger charge is -2.32. The van der Waals surface area contributed by atoms with Crippen molar-refractivity contribution in [2.24, 2.45) is 0 Å². The Hall–Kier alpha value is -3.69. The lowest BCUT2D eigenvalue weighted by Crippen LogP contribution is -2.40. The van der Waals surface area contributed by atoms with Gasteiger partial charge in [0.25, 0.3) is 5.91 Å². The fraction of sp³-hybridized carbons (Fsp3) is 0.429. The van der Waals surface area contributed by atoms with Gasteiger partial charge in [-0.05, 0) is 68.4 Å². The molecule has 1 aliphatic heterocycles. The number of hydrogen-bond acceptors (Lipinski definition) is 4. The first kappa shape index (κ1) is 25.9. The molecular formula is C28H30F3N5O2. The van der Waals surface area contributed by atoms with Crippen LogP contribution in [-0.4, -0.2) is 44.6 Å². The molecule has 0 spiro atoms. The van der Waals surface area contributed by atoms with E-state index in [1.165, 1.54) is 18.1 Å². The maximum absolute atomic E-state index is 13.1. The van der Waals surface area contributed by atoms with Crippen LogP contribution in [0.25, 0.3) is 0 Å². The van der Waals surface area contributed by atoms with Crippen LogP contribution in [0, 0.1) is 6.92 Å². The molecule has 1 unspecified atom stereocenters. The first-order chi connectivity index (χ1) is 18.2. The molecule has 10 heteroatoms. The summed E-state index contributed by atoms with van der Waals surface area (Å²) in [5, 5.41) is 6.70. The van der Waals surface area contributed by atoms with Crippen LogP contribution in [0.4, 0.5) is 13.2 Å². The molecule has 1 aliphatic carbocycles. The number of aromatic nitrogens is 3. The number of amides is 2. The Labute approximate surface area is 219 Å². The predicted molar refractivity (Wildman–Crippen MR) is 134 cm³/mol. The number of hydrogen-bond donors (Lipinski definition) is 1. The Kier molecular flexibility index (Phi) is 7.23. The quantitative estimate of drug-likeness (QED) is 0.518. The number of alkyl halides is 3. The third-order valence-electron chi connectivity index (χ3n) is 7.50. The van der Waals surface area contributed by atoms with Crippen molar-refractivity contribution in [3.63, 3.8) is 0 Å². The van der Waals surface area contributed by atoms with Gasteiger partial charge in [0.2, 0.25) is 5.91 Å². The SMILES string of the molecule is Cc1cc(C(F)(F)F)nn1CC(=O)N1CCC(c2cccc(C(=O)NC3CCCc4ccccc43)n2)CC1. The minimum absolute atomic E-state index is 0.0298. The maximum atomic E-state index is 13.1. The number of benzene rings is 1. The molecule has 1 fully saturated rings.